The van der Waals surface area contributed by atoms with E-state index >= 15 is 0 Å². The standard InChI is InChI=1S/C7H7.4CH4O/c1-7-5-3-2-4-6-7;4*1-2/h2-6H,1H2;4*2H,1H3. The quantitative estimate of drug-likeness (QED) is 0.506. The van der Waals surface area contributed by atoms with Crippen molar-refractivity contribution >= 4 is 0 Å². The molecular formula is C11H23O4. The zero-order valence-electron chi connectivity index (χ0n) is 9.88. The number of hydrogen-bond acceptors (Lipinski definition) is 4. The molecule has 1 radical (unpaired) electrons. The summed E-state index contributed by atoms with van der Waals surface area (Å²) in [6.07, 6.45) is 0. The molecule has 0 aliphatic heterocycles. The Bertz CT molecular complexity index is 143. The molecule has 0 unspecified atom stereocenters. The van der Waals surface area contributed by atoms with Gasteiger partial charge in [0.2, 0.25) is 0 Å². The monoisotopic (exact) mass is 219 g/mol. The molecule has 0 aliphatic rings. The van der Waals surface area contributed by atoms with Crippen molar-refractivity contribution in [3.63, 3.8) is 0 Å². The Morgan fingerprint density at radius 3 is 1.07 bits per heavy atom. The summed E-state index contributed by atoms with van der Waals surface area (Å²) >= 11 is 0. The topological polar surface area (TPSA) is 80.9 Å². The Balaban J connectivity index is -0.0000000650. The largest absolute Gasteiger partial charge is 0.400 e. The van der Waals surface area contributed by atoms with Gasteiger partial charge in [-0.3, -0.25) is 0 Å². The second-order valence-corrected chi connectivity index (χ2v) is 1.49. The first-order valence-electron chi connectivity index (χ1n) is 4.05. The SMILES string of the molecule is CO.CO.CO.CO.[CH2]c1ccccc1. The summed E-state index contributed by atoms with van der Waals surface area (Å²) in [5.41, 5.74) is 1.07. The summed E-state index contributed by atoms with van der Waals surface area (Å²) in [6.45, 7) is 3.72. The van der Waals surface area contributed by atoms with E-state index in [1.165, 1.54) is 0 Å². The third-order valence-electron chi connectivity index (χ3n) is 0.843. The highest BCUT2D eigenvalue weighted by atomic mass is 16.2. The van der Waals surface area contributed by atoms with Crippen LogP contribution in [0.5, 0.6) is 0 Å². The van der Waals surface area contributed by atoms with Crippen molar-refractivity contribution in [1.29, 1.82) is 0 Å². The lowest BCUT2D eigenvalue weighted by molar-refractivity contribution is 0.399. The van der Waals surface area contributed by atoms with Crippen LogP contribution in [0.3, 0.4) is 0 Å². The molecule has 15 heavy (non-hydrogen) atoms. The van der Waals surface area contributed by atoms with Crippen LogP contribution in [-0.2, 0) is 0 Å². The molecule has 0 aromatic heterocycles. The van der Waals surface area contributed by atoms with E-state index in [2.05, 4.69) is 6.92 Å². The minimum atomic E-state index is 1.00. The van der Waals surface area contributed by atoms with Gasteiger partial charge in [0, 0.05) is 28.4 Å². The Morgan fingerprint density at radius 1 is 0.667 bits per heavy atom. The highest BCUT2D eigenvalue weighted by molar-refractivity contribution is 5.16. The summed E-state index contributed by atoms with van der Waals surface area (Å²) in [5.74, 6) is 0. The van der Waals surface area contributed by atoms with Crippen molar-refractivity contribution < 1.29 is 20.4 Å². The molecule has 0 atom stereocenters. The number of aliphatic hydroxyl groups excluding tert-OH is 4. The molecule has 0 amide bonds. The molecule has 0 spiro atoms. The summed E-state index contributed by atoms with van der Waals surface area (Å²) in [5, 5.41) is 28.0. The van der Waals surface area contributed by atoms with E-state index in [9.17, 15) is 0 Å². The number of benzene rings is 1. The maximum absolute atomic E-state index is 7.00. The van der Waals surface area contributed by atoms with Crippen molar-refractivity contribution in [2.45, 2.75) is 0 Å². The molecule has 1 rings (SSSR count). The lowest BCUT2D eigenvalue weighted by Crippen LogP contribution is -1.62. The summed E-state index contributed by atoms with van der Waals surface area (Å²) in [7, 11) is 4.00. The van der Waals surface area contributed by atoms with Gasteiger partial charge in [-0.25, -0.2) is 0 Å². The zero-order chi connectivity index (χ0) is 13.1. The Morgan fingerprint density at radius 2 is 0.933 bits per heavy atom. The van der Waals surface area contributed by atoms with Gasteiger partial charge in [0.05, 0.1) is 0 Å². The predicted molar refractivity (Wildman–Crippen MR) is 63.5 cm³/mol. The molecule has 0 saturated carbocycles. The molecule has 0 bridgehead atoms. The van der Waals surface area contributed by atoms with Crippen molar-refractivity contribution in [2.75, 3.05) is 28.4 Å². The van der Waals surface area contributed by atoms with Crippen molar-refractivity contribution in [3.8, 4) is 0 Å². The van der Waals surface area contributed by atoms with E-state index in [0.29, 0.717) is 0 Å². The van der Waals surface area contributed by atoms with Gasteiger partial charge in [0.15, 0.2) is 0 Å². The first-order valence-corrected chi connectivity index (χ1v) is 4.05. The van der Waals surface area contributed by atoms with Crippen LogP contribution in [0, 0.1) is 6.92 Å². The fraction of sp³-hybridized carbons (Fsp3) is 0.364. The number of hydrogen-bond donors (Lipinski definition) is 4. The lowest BCUT2D eigenvalue weighted by atomic mass is 10.2. The van der Waals surface area contributed by atoms with Crippen LogP contribution >= 0.6 is 0 Å². The predicted octanol–water partition coefficient (Wildman–Crippen LogP) is 0.303. The van der Waals surface area contributed by atoms with Gasteiger partial charge in [0.25, 0.3) is 0 Å². The van der Waals surface area contributed by atoms with Gasteiger partial charge in [-0.05, 0) is 12.5 Å². The van der Waals surface area contributed by atoms with Crippen LogP contribution in [0.25, 0.3) is 0 Å². The second kappa shape index (κ2) is 38.1. The minimum absolute atomic E-state index is 1.00. The highest BCUT2D eigenvalue weighted by Gasteiger charge is 1.72. The molecule has 0 aliphatic carbocycles. The molecule has 1 aromatic carbocycles. The van der Waals surface area contributed by atoms with Crippen molar-refractivity contribution in [1.82, 2.24) is 0 Å². The van der Waals surface area contributed by atoms with Gasteiger partial charge in [-0.2, -0.15) is 0 Å². The molecule has 4 nitrogen and oxygen atoms in total. The Labute approximate surface area is 92.5 Å². The fourth-order valence-electron chi connectivity index (χ4n) is 0.478. The first kappa shape index (κ1) is 23.7. The van der Waals surface area contributed by atoms with Gasteiger partial charge in [0.1, 0.15) is 0 Å². The summed E-state index contributed by atoms with van der Waals surface area (Å²) in [6, 6.07) is 9.87. The Kier molecular flexibility index (Phi) is 60.2. The number of rotatable bonds is 0. The molecule has 0 heterocycles. The fourth-order valence-corrected chi connectivity index (χ4v) is 0.478. The first-order chi connectivity index (χ1) is 7.39. The summed E-state index contributed by atoms with van der Waals surface area (Å²) < 4.78 is 0. The third-order valence-corrected chi connectivity index (χ3v) is 0.843. The van der Waals surface area contributed by atoms with Gasteiger partial charge in [-0.15, -0.1) is 0 Å². The maximum Gasteiger partial charge on any atom is 0.0319 e. The number of aliphatic hydroxyl groups is 4. The van der Waals surface area contributed by atoms with Crippen molar-refractivity contribution in [3.05, 3.63) is 42.8 Å². The lowest BCUT2D eigenvalue weighted by Gasteiger charge is -1.82. The normalized spacial score (nSPS) is 5.67. The van der Waals surface area contributed by atoms with E-state index in [-0.39, 0.29) is 0 Å². The average molecular weight is 219 g/mol. The second-order valence-electron chi connectivity index (χ2n) is 1.49. The maximum atomic E-state index is 7.00. The van der Waals surface area contributed by atoms with E-state index in [1.54, 1.807) is 0 Å². The van der Waals surface area contributed by atoms with Gasteiger partial charge in [-0.1, -0.05) is 30.3 Å². The smallest absolute Gasteiger partial charge is 0.0319 e. The average Bonchev–Trinajstić information content (AvgIpc) is 2.40. The highest BCUT2D eigenvalue weighted by Crippen LogP contribution is 1.92. The molecule has 0 saturated heterocycles. The van der Waals surface area contributed by atoms with Gasteiger partial charge >= 0.3 is 0 Å². The van der Waals surface area contributed by atoms with E-state index < -0.39 is 0 Å². The Hall–Kier alpha value is -0.940. The molecule has 1 aromatic rings. The molecule has 4 N–H and O–H groups in total. The molecule has 0 fully saturated rings. The zero-order valence-corrected chi connectivity index (χ0v) is 9.88. The molecule has 91 valence electrons. The van der Waals surface area contributed by atoms with Crippen LogP contribution < -0.4 is 0 Å². The van der Waals surface area contributed by atoms with Crippen LogP contribution in [0.15, 0.2) is 30.3 Å². The molecular weight excluding hydrogens is 196 g/mol. The van der Waals surface area contributed by atoms with E-state index in [1.807, 2.05) is 30.3 Å². The van der Waals surface area contributed by atoms with Crippen LogP contribution in [-0.4, -0.2) is 48.9 Å². The van der Waals surface area contributed by atoms with Gasteiger partial charge < -0.3 is 20.4 Å². The van der Waals surface area contributed by atoms with E-state index in [4.69, 9.17) is 20.4 Å². The van der Waals surface area contributed by atoms with E-state index in [0.717, 1.165) is 34.0 Å². The third kappa shape index (κ3) is 32.1. The van der Waals surface area contributed by atoms with Crippen LogP contribution in [0.1, 0.15) is 5.56 Å². The van der Waals surface area contributed by atoms with Crippen LogP contribution in [0.2, 0.25) is 0 Å². The van der Waals surface area contributed by atoms with Crippen molar-refractivity contribution in [2.24, 2.45) is 0 Å². The molecule has 4 heteroatoms. The van der Waals surface area contributed by atoms with Crippen LogP contribution in [0.4, 0.5) is 0 Å². The summed E-state index contributed by atoms with van der Waals surface area (Å²) in [4.78, 5) is 0. The minimum Gasteiger partial charge on any atom is -0.400 e.